The number of benzene rings is 1. The summed E-state index contributed by atoms with van der Waals surface area (Å²) in [6.45, 7) is 2.08. The van der Waals surface area contributed by atoms with Crippen LogP contribution in [0.1, 0.15) is 17.4 Å². The Morgan fingerprint density at radius 2 is 2.29 bits per heavy atom. The van der Waals surface area contributed by atoms with Crippen LogP contribution in [0.25, 0.3) is 11.3 Å². The lowest BCUT2D eigenvalue weighted by atomic mass is 10.0. The first-order chi connectivity index (χ1) is 8.30. The molecule has 0 saturated heterocycles. The van der Waals surface area contributed by atoms with Crippen molar-refractivity contribution in [1.82, 2.24) is 4.98 Å². The van der Waals surface area contributed by atoms with Gasteiger partial charge in [0.15, 0.2) is 0 Å². The third-order valence-electron chi connectivity index (χ3n) is 2.60. The number of aryl methyl sites for hydroxylation is 1. The van der Waals surface area contributed by atoms with Crippen molar-refractivity contribution in [2.24, 2.45) is 0 Å². The van der Waals surface area contributed by atoms with Crippen LogP contribution in [0.15, 0.2) is 23.7 Å². The van der Waals surface area contributed by atoms with E-state index in [1.54, 1.807) is 12.6 Å². The van der Waals surface area contributed by atoms with Crippen LogP contribution in [0.5, 0.6) is 5.75 Å². The van der Waals surface area contributed by atoms with Gasteiger partial charge in [0.1, 0.15) is 16.7 Å². The Bertz CT molecular complexity index is 569. The van der Waals surface area contributed by atoms with E-state index in [0.717, 1.165) is 29.0 Å². The van der Waals surface area contributed by atoms with E-state index in [9.17, 15) is 0 Å². The standard InChI is InChI=1S/C13H12N2OS/c1-3-9-6-10(4-5-11(9)16-2)13-12(7-14)17-8-15-13/h4-6,8H,3H2,1-2H3. The number of methoxy groups -OCH3 is 1. The lowest BCUT2D eigenvalue weighted by Crippen LogP contribution is -1.91. The molecular formula is C13H12N2OS. The zero-order valence-corrected chi connectivity index (χ0v) is 10.5. The molecule has 0 N–H and O–H groups in total. The number of hydrogen-bond donors (Lipinski definition) is 0. The van der Waals surface area contributed by atoms with Gasteiger partial charge in [-0.1, -0.05) is 6.92 Å². The molecule has 1 heterocycles. The maximum absolute atomic E-state index is 8.99. The Labute approximate surface area is 104 Å². The van der Waals surface area contributed by atoms with Crippen LogP contribution in [0.2, 0.25) is 0 Å². The predicted molar refractivity (Wildman–Crippen MR) is 68.2 cm³/mol. The number of nitriles is 1. The van der Waals surface area contributed by atoms with Gasteiger partial charge in [-0.2, -0.15) is 5.26 Å². The van der Waals surface area contributed by atoms with Crippen LogP contribution in [-0.4, -0.2) is 12.1 Å². The molecule has 3 nitrogen and oxygen atoms in total. The van der Waals surface area contributed by atoms with E-state index >= 15 is 0 Å². The summed E-state index contributed by atoms with van der Waals surface area (Å²) in [6.07, 6.45) is 0.892. The number of ether oxygens (including phenoxy) is 1. The zero-order chi connectivity index (χ0) is 12.3. The molecular weight excluding hydrogens is 232 g/mol. The Balaban J connectivity index is 2.51. The minimum atomic E-state index is 0.650. The predicted octanol–water partition coefficient (Wildman–Crippen LogP) is 3.25. The van der Waals surface area contributed by atoms with Crippen molar-refractivity contribution in [2.75, 3.05) is 7.11 Å². The maximum Gasteiger partial charge on any atom is 0.132 e. The average molecular weight is 244 g/mol. The molecule has 0 aliphatic carbocycles. The minimum absolute atomic E-state index is 0.650. The molecule has 0 spiro atoms. The summed E-state index contributed by atoms with van der Waals surface area (Å²) in [5.41, 5.74) is 4.56. The molecule has 0 amide bonds. The second-order valence-corrected chi connectivity index (χ2v) is 4.38. The van der Waals surface area contributed by atoms with E-state index in [1.807, 2.05) is 18.2 Å². The monoisotopic (exact) mass is 244 g/mol. The first-order valence-electron chi connectivity index (χ1n) is 5.31. The van der Waals surface area contributed by atoms with Gasteiger partial charge >= 0.3 is 0 Å². The lowest BCUT2D eigenvalue weighted by Gasteiger charge is -2.08. The topological polar surface area (TPSA) is 45.9 Å². The van der Waals surface area contributed by atoms with Crippen LogP contribution in [0, 0.1) is 11.3 Å². The van der Waals surface area contributed by atoms with Crippen molar-refractivity contribution in [3.63, 3.8) is 0 Å². The van der Waals surface area contributed by atoms with Gasteiger partial charge in [-0.3, -0.25) is 0 Å². The van der Waals surface area contributed by atoms with Gasteiger partial charge in [-0.05, 0) is 30.2 Å². The third-order valence-corrected chi connectivity index (χ3v) is 3.33. The normalized spacial score (nSPS) is 9.94. The molecule has 17 heavy (non-hydrogen) atoms. The summed E-state index contributed by atoms with van der Waals surface area (Å²) in [7, 11) is 1.66. The van der Waals surface area contributed by atoms with Crippen molar-refractivity contribution < 1.29 is 4.74 Å². The summed E-state index contributed by atoms with van der Waals surface area (Å²) in [6, 6.07) is 8.06. The smallest absolute Gasteiger partial charge is 0.132 e. The van der Waals surface area contributed by atoms with E-state index in [4.69, 9.17) is 10.00 Å². The summed E-state index contributed by atoms with van der Waals surface area (Å²) in [5, 5.41) is 8.99. The first kappa shape index (κ1) is 11.6. The molecule has 2 rings (SSSR count). The Morgan fingerprint density at radius 3 is 2.94 bits per heavy atom. The van der Waals surface area contributed by atoms with E-state index in [-0.39, 0.29) is 0 Å². The van der Waals surface area contributed by atoms with Gasteiger partial charge < -0.3 is 4.74 Å². The van der Waals surface area contributed by atoms with Crippen LogP contribution >= 0.6 is 11.3 Å². The highest BCUT2D eigenvalue weighted by molar-refractivity contribution is 7.10. The van der Waals surface area contributed by atoms with E-state index < -0.39 is 0 Å². The van der Waals surface area contributed by atoms with Crippen molar-refractivity contribution in [1.29, 1.82) is 5.26 Å². The molecule has 1 aromatic carbocycles. The summed E-state index contributed by atoms with van der Waals surface area (Å²) in [5.74, 6) is 0.880. The van der Waals surface area contributed by atoms with Crippen LogP contribution < -0.4 is 4.74 Å². The Morgan fingerprint density at radius 1 is 1.47 bits per heavy atom. The molecule has 0 bridgehead atoms. The Hall–Kier alpha value is -1.86. The van der Waals surface area contributed by atoms with Crippen LogP contribution in [0.4, 0.5) is 0 Å². The number of nitrogens with zero attached hydrogens (tertiary/aromatic N) is 2. The van der Waals surface area contributed by atoms with Gasteiger partial charge in [0.2, 0.25) is 0 Å². The summed E-state index contributed by atoms with van der Waals surface area (Å²) < 4.78 is 5.28. The maximum atomic E-state index is 8.99. The van der Waals surface area contributed by atoms with Gasteiger partial charge in [-0.15, -0.1) is 11.3 Å². The van der Waals surface area contributed by atoms with Crippen LogP contribution in [0.3, 0.4) is 0 Å². The molecule has 4 heteroatoms. The minimum Gasteiger partial charge on any atom is -0.496 e. The summed E-state index contributed by atoms with van der Waals surface area (Å²) >= 11 is 1.36. The fraction of sp³-hybridized carbons (Fsp3) is 0.231. The second kappa shape index (κ2) is 4.98. The largest absolute Gasteiger partial charge is 0.496 e. The van der Waals surface area contributed by atoms with E-state index in [2.05, 4.69) is 18.0 Å². The molecule has 0 radical (unpaired) electrons. The summed E-state index contributed by atoms with van der Waals surface area (Å²) in [4.78, 5) is 4.89. The molecule has 0 saturated carbocycles. The molecule has 0 aliphatic rings. The molecule has 0 atom stereocenters. The molecule has 0 fully saturated rings. The highest BCUT2D eigenvalue weighted by Crippen LogP contribution is 2.29. The number of hydrogen-bond acceptors (Lipinski definition) is 4. The fourth-order valence-corrected chi connectivity index (χ4v) is 2.33. The van der Waals surface area contributed by atoms with Gasteiger partial charge in [-0.25, -0.2) is 4.98 Å². The molecule has 0 unspecified atom stereocenters. The number of thiazole rings is 1. The lowest BCUT2D eigenvalue weighted by molar-refractivity contribution is 0.410. The molecule has 1 aromatic heterocycles. The van der Waals surface area contributed by atoms with Crippen LogP contribution in [-0.2, 0) is 6.42 Å². The molecule has 2 aromatic rings. The Kier molecular flexibility index (Phi) is 3.40. The second-order valence-electron chi connectivity index (χ2n) is 3.52. The fourth-order valence-electron chi connectivity index (χ4n) is 1.73. The highest BCUT2D eigenvalue weighted by Gasteiger charge is 2.10. The molecule has 0 aliphatic heterocycles. The van der Waals surface area contributed by atoms with Crippen molar-refractivity contribution in [3.05, 3.63) is 34.2 Å². The van der Waals surface area contributed by atoms with Gasteiger partial charge in [0, 0.05) is 5.56 Å². The SMILES string of the molecule is CCc1cc(-c2ncsc2C#N)ccc1OC. The molecule has 86 valence electrons. The average Bonchev–Trinajstić information content (AvgIpc) is 2.86. The van der Waals surface area contributed by atoms with Crippen molar-refractivity contribution in [3.8, 4) is 23.1 Å². The quantitative estimate of drug-likeness (QED) is 0.832. The zero-order valence-electron chi connectivity index (χ0n) is 9.73. The van der Waals surface area contributed by atoms with Crippen molar-refractivity contribution >= 4 is 11.3 Å². The van der Waals surface area contributed by atoms with E-state index in [0.29, 0.717) is 4.88 Å². The number of rotatable bonds is 3. The third kappa shape index (κ3) is 2.15. The number of aromatic nitrogens is 1. The van der Waals surface area contributed by atoms with Gasteiger partial charge in [0.05, 0.1) is 18.3 Å². The first-order valence-corrected chi connectivity index (χ1v) is 6.19. The van der Waals surface area contributed by atoms with Gasteiger partial charge in [0.25, 0.3) is 0 Å². The van der Waals surface area contributed by atoms with E-state index in [1.165, 1.54) is 11.3 Å². The highest BCUT2D eigenvalue weighted by atomic mass is 32.1. The van der Waals surface area contributed by atoms with Crippen molar-refractivity contribution in [2.45, 2.75) is 13.3 Å².